The second-order valence-corrected chi connectivity index (χ2v) is 5.06. The number of piperazine rings is 1. The van der Waals surface area contributed by atoms with E-state index in [4.69, 9.17) is 4.42 Å². The third-order valence-corrected chi connectivity index (χ3v) is 3.78. The topological polar surface area (TPSA) is 28.4 Å². The lowest BCUT2D eigenvalue weighted by atomic mass is 9.95. The smallest absolute Gasteiger partial charge is 0.121 e. The van der Waals surface area contributed by atoms with Crippen molar-refractivity contribution in [3.05, 3.63) is 23.7 Å². The lowest BCUT2D eigenvalue weighted by molar-refractivity contribution is 0.110. The number of aryl methyl sites for hydroxylation is 1. The fourth-order valence-corrected chi connectivity index (χ4v) is 2.62. The van der Waals surface area contributed by atoms with Gasteiger partial charge in [0.05, 0.1) is 6.04 Å². The molecule has 0 bridgehead atoms. The molecule has 3 nitrogen and oxygen atoms in total. The largest absolute Gasteiger partial charge is 0.465 e. The van der Waals surface area contributed by atoms with Gasteiger partial charge in [0.2, 0.25) is 0 Å². The molecule has 0 amide bonds. The molecule has 0 spiro atoms. The maximum Gasteiger partial charge on any atom is 0.121 e. The molecule has 1 N–H and O–H groups in total. The first-order valence-electron chi connectivity index (χ1n) is 6.73. The molecule has 1 unspecified atom stereocenters. The fourth-order valence-electron chi connectivity index (χ4n) is 2.62. The molecule has 2 rings (SSSR count). The van der Waals surface area contributed by atoms with Gasteiger partial charge in [-0.25, -0.2) is 0 Å². The van der Waals surface area contributed by atoms with Crippen LogP contribution in [0.1, 0.15) is 37.8 Å². The van der Waals surface area contributed by atoms with Crippen molar-refractivity contribution in [2.75, 3.05) is 26.2 Å². The fraction of sp³-hybridized carbons (Fsp3) is 0.714. The van der Waals surface area contributed by atoms with Gasteiger partial charge in [0.1, 0.15) is 11.5 Å². The van der Waals surface area contributed by atoms with Crippen LogP contribution >= 0.6 is 0 Å². The standard InChI is InChI=1S/C14H24N2O/c1-4-11(2)14(13-6-5-12(3)17-13)16-9-7-15-8-10-16/h5-6,11,14-15H,4,7-10H2,1-3H3/t11?,14-/m0/s1. The molecule has 0 radical (unpaired) electrons. The van der Waals surface area contributed by atoms with Crippen LogP contribution in [0.2, 0.25) is 0 Å². The van der Waals surface area contributed by atoms with E-state index < -0.39 is 0 Å². The molecule has 1 aromatic heterocycles. The molecular weight excluding hydrogens is 212 g/mol. The summed E-state index contributed by atoms with van der Waals surface area (Å²) in [5.74, 6) is 2.79. The summed E-state index contributed by atoms with van der Waals surface area (Å²) in [5.41, 5.74) is 0. The zero-order chi connectivity index (χ0) is 12.3. The van der Waals surface area contributed by atoms with E-state index in [0.717, 1.165) is 37.7 Å². The Morgan fingerprint density at radius 3 is 2.59 bits per heavy atom. The minimum absolute atomic E-state index is 0.441. The van der Waals surface area contributed by atoms with Gasteiger partial charge in [-0.15, -0.1) is 0 Å². The molecule has 96 valence electrons. The zero-order valence-electron chi connectivity index (χ0n) is 11.2. The summed E-state index contributed by atoms with van der Waals surface area (Å²) >= 11 is 0. The molecule has 1 aromatic rings. The average Bonchev–Trinajstić information content (AvgIpc) is 2.77. The SMILES string of the molecule is CCC(C)[C@@H](c1ccc(C)o1)N1CCNCC1. The van der Waals surface area contributed by atoms with E-state index in [0.29, 0.717) is 12.0 Å². The molecule has 2 atom stereocenters. The lowest BCUT2D eigenvalue weighted by Gasteiger charge is -2.36. The van der Waals surface area contributed by atoms with Crippen molar-refractivity contribution < 1.29 is 4.42 Å². The molecular formula is C14H24N2O. The summed E-state index contributed by atoms with van der Waals surface area (Å²) in [4.78, 5) is 2.56. The van der Waals surface area contributed by atoms with Gasteiger partial charge in [0.25, 0.3) is 0 Å². The third kappa shape index (κ3) is 2.90. The predicted octanol–water partition coefficient (Wildman–Crippen LogP) is 2.58. The number of nitrogens with one attached hydrogen (secondary N) is 1. The summed E-state index contributed by atoms with van der Waals surface area (Å²) in [6.45, 7) is 11.0. The van der Waals surface area contributed by atoms with E-state index in [-0.39, 0.29) is 0 Å². The number of rotatable bonds is 4. The van der Waals surface area contributed by atoms with Crippen molar-refractivity contribution >= 4 is 0 Å². The van der Waals surface area contributed by atoms with E-state index >= 15 is 0 Å². The summed E-state index contributed by atoms with van der Waals surface area (Å²) in [6.07, 6.45) is 1.19. The Morgan fingerprint density at radius 1 is 1.35 bits per heavy atom. The van der Waals surface area contributed by atoms with Crippen molar-refractivity contribution in [1.29, 1.82) is 0 Å². The molecule has 0 aliphatic carbocycles. The van der Waals surface area contributed by atoms with E-state index in [9.17, 15) is 0 Å². The van der Waals surface area contributed by atoms with E-state index in [1.165, 1.54) is 6.42 Å². The maximum atomic E-state index is 5.86. The van der Waals surface area contributed by atoms with Crippen LogP contribution in [0.5, 0.6) is 0 Å². The highest BCUT2D eigenvalue weighted by molar-refractivity contribution is 5.11. The second kappa shape index (κ2) is 5.69. The number of hydrogen-bond acceptors (Lipinski definition) is 3. The average molecular weight is 236 g/mol. The summed E-state index contributed by atoms with van der Waals surface area (Å²) < 4.78 is 5.86. The molecule has 0 aromatic carbocycles. The predicted molar refractivity (Wildman–Crippen MR) is 70.1 cm³/mol. The monoisotopic (exact) mass is 236 g/mol. The third-order valence-electron chi connectivity index (χ3n) is 3.78. The maximum absolute atomic E-state index is 5.86. The Labute approximate surface area is 104 Å². The van der Waals surface area contributed by atoms with Crippen molar-refractivity contribution in [3.63, 3.8) is 0 Å². The van der Waals surface area contributed by atoms with Gasteiger partial charge in [-0.05, 0) is 25.0 Å². The molecule has 17 heavy (non-hydrogen) atoms. The molecule has 2 heterocycles. The van der Waals surface area contributed by atoms with Crippen molar-refractivity contribution in [3.8, 4) is 0 Å². The molecule has 3 heteroatoms. The van der Waals surface area contributed by atoms with Gasteiger partial charge >= 0.3 is 0 Å². The number of hydrogen-bond donors (Lipinski definition) is 1. The van der Waals surface area contributed by atoms with Crippen LogP contribution in [0.15, 0.2) is 16.5 Å². The van der Waals surface area contributed by atoms with Crippen LogP contribution in [-0.2, 0) is 0 Å². The molecule has 1 saturated heterocycles. The Balaban J connectivity index is 2.17. The van der Waals surface area contributed by atoms with Crippen LogP contribution < -0.4 is 5.32 Å². The van der Waals surface area contributed by atoms with Gasteiger partial charge in [0, 0.05) is 26.2 Å². The first-order valence-corrected chi connectivity index (χ1v) is 6.73. The molecule has 0 saturated carbocycles. The lowest BCUT2D eigenvalue weighted by Crippen LogP contribution is -2.46. The van der Waals surface area contributed by atoms with Crippen molar-refractivity contribution in [1.82, 2.24) is 10.2 Å². The summed E-state index contributed by atoms with van der Waals surface area (Å²) in [7, 11) is 0. The van der Waals surface area contributed by atoms with Crippen LogP contribution in [0.3, 0.4) is 0 Å². The number of nitrogens with zero attached hydrogens (tertiary/aromatic N) is 1. The van der Waals surface area contributed by atoms with Crippen LogP contribution in [-0.4, -0.2) is 31.1 Å². The summed E-state index contributed by atoms with van der Waals surface area (Å²) in [5, 5.41) is 3.41. The first-order chi connectivity index (χ1) is 8.22. The van der Waals surface area contributed by atoms with Crippen LogP contribution in [0.25, 0.3) is 0 Å². The number of furan rings is 1. The molecule has 1 aliphatic rings. The Bertz CT molecular complexity index is 342. The van der Waals surface area contributed by atoms with Gasteiger partial charge in [-0.3, -0.25) is 4.90 Å². The van der Waals surface area contributed by atoms with Gasteiger partial charge < -0.3 is 9.73 Å². The molecule has 1 fully saturated rings. The summed E-state index contributed by atoms with van der Waals surface area (Å²) in [6, 6.07) is 4.66. The minimum atomic E-state index is 0.441. The van der Waals surface area contributed by atoms with Crippen LogP contribution in [0.4, 0.5) is 0 Å². The highest BCUT2D eigenvalue weighted by Gasteiger charge is 2.28. The van der Waals surface area contributed by atoms with Gasteiger partial charge in [-0.1, -0.05) is 20.3 Å². The van der Waals surface area contributed by atoms with E-state index in [2.05, 4.69) is 36.2 Å². The van der Waals surface area contributed by atoms with Crippen LogP contribution in [0, 0.1) is 12.8 Å². The van der Waals surface area contributed by atoms with Crippen molar-refractivity contribution in [2.45, 2.75) is 33.2 Å². The quantitative estimate of drug-likeness (QED) is 0.871. The van der Waals surface area contributed by atoms with E-state index in [1.807, 2.05) is 6.92 Å². The zero-order valence-corrected chi connectivity index (χ0v) is 11.2. The Morgan fingerprint density at radius 2 is 2.06 bits per heavy atom. The van der Waals surface area contributed by atoms with Gasteiger partial charge in [-0.2, -0.15) is 0 Å². The van der Waals surface area contributed by atoms with Crippen molar-refractivity contribution in [2.24, 2.45) is 5.92 Å². The van der Waals surface area contributed by atoms with Gasteiger partial charge in [0.15, 0.2) is 0 Å². The highest BCUT2D eigenvalue weighted by Crippen LogP contribution is 2.31. The Hall–Kier alpha value is -0.800. The normalized spacial score (nSPS) is 21.4. The Kier molecular flexibility index (Phi) is 4.24. The van der Waals surface area contributed by atoms with E-state index in [1.54, 1.807) is 0 Å². The molecule has 1 aliphatic heterocycles. The second-order valence-electron chi connectivity index (χ2n) is 5.06. The highest BCUT2D eigenvalue weighted by atomic mass is 16.3. The first kappa shape index (κ1) is 12.7. The minimum Gasteiger partial charge on any atom is -0.465 e.